The molecule has 1 N–H and O–H groups in total. The van der Waals surface area contributed by atoms with Crippen LogP contribution in [-0.4, -0.2) is 12.1 Å². The van der Waals surface area contributed by atoms with E-state index in [-0.39, 0.29) is 0 Å². The molecule has 0 spiro atoms. The topological polar surface area (TPSA) is 12.0 Å². The molecular formula is C15H25N. The molecule has 1 heteroatoms. The van der Waals surface area contributed by atoms with Gasteiger partial charge in [0.1, 0.15) is 0 Å². The standard InChI is InChI=1S/C15H25N/c1-5-6-13(3)16-14(4)11-15-9-7-12(2)8-10-15/h7-10,13-14,16H,5-6,11H2,1-4H3. The summed E-state index contributed by atoms with van der Waals surface area (Å²) in [6, 6.07) is 10.0. The highest BCUT2D eigenvalue weighted by atomic mass is 14.9. The molecule has 16 heavy (non-hydrogen) atoms. The van der Waals surface area contributed by atoms with Gasteiger partial charge in [-0.05, 0) is 39.2 Å². The van der Waals surface area contributed by atoms with Crippen molar-refractivity contribution < 1.29 is 0 Å². The fraction of sp³-hybridized carbons (Fsp3) is 0.600. The van der Waals surface area contributed by atoms with Gasteiger partial charge in [0.15, 0.2) is 0 Å². The van der Waals surface area contributed by atoms with Crippen molar-refractivity contribution in [1.29, 1.82) is 0 Å². The van der Waals surface area contributed by atoms with E-state index >= 15 is 0 Å². The van der Waals surface area contributed by atoms with Crippen LogP contribution in [0.2, 0.25) is 0 Å². The Balaban J connectivity index is 2.39. The van der Waals surface area contributed by atoms with Crippen molar-refractivity contribution in [3.63, 3.8) is 0 Å². The molecule has 90 valence electrons. The lowest BCUT2D eigenvalue weighted by atomic mass is 10.0. The zero-order chi connectivity index (χ0) is 12.0. The Bertz CT molecular complexity index is 289. The van der Waals surface area contributed by atoms with Gasteiger partial charge in [-0.15, -0.1) is 0 Å². The fourth-order valence-electron chi connectivity index (χ4n) is 2.14. The predicted octanol–water partition coefficient (Wildman–Crippen LogP) is 3.70. The van der Waals surface area contributed by atoms with Crippen LogP contribution in [0.4, 0.5) is 0 Å². The van der Waals surface area contributed by atoms with Crippen molar-refractivity contribution in [3.8, 4) is 0 Å². The summed E-state index contributed by atoms with van der Waals surface area (Å²) in [5.74, 6) is 0. The summed E-state index contributed by atoms with van der Waals surface area (Å²) >= 11 is 0. The van der Waals surface area contributed by atoms with Gasteiger partial charge in [-0.1, -0.05) is 43.2 Å². The van der Waals surface area contributed by atoms with E-state index in [4.69, 9.17) is 0 Å². The third-order valence-electron chi connectivity index (χ3n) is 2.95. The minimum Gasteiger partial charge on any atom is -0.311 e. The van der Waals surface area contributed by atoms with E-state index in [1.165, 1.54) is 24.0 Å². The first kappa shape index (κ1) is 13.2. The molecule has 2 unspecified atom stereocenters. The monoisotopic (exact) mass is 219 g/mol. The minimum absolute atomic E-state index is 0.559. The van der Waals surface area contributed by atoms with Gasteiger partial charge in [0, 0.05) is 12.1 Å². The van der Waals surface area contributed by atoms with E-state index < -0.39 is 0 Å². The Morgan fingerprint density at radius 2 is 1.69 bits per heavy atom. The first-order valence-electron chi connectivity index (χ1n) is 6.43. The molecule has 2 atom stereocenters. The second-order valence-corrected chi connectivity index (χ2v) is 4.95. The summed E-state index contributed by atoms with van der Waals surface area (Å²) in [5.41, 5.74) is 2.76. The molecule has 1 nitrogen and oxygen atoms in total. The van der Waals surface area contributed by atoms with Gasteiger partial charge in [-0.3, -0.25) is 0 Å². The Hall–Kier alpha value is -0.820. The Kier molecular flexibility index (Phi) is 5.54. The van der Waals surface area contributed by atoms with Crippen LogP contribution in [0.25, 0.3) is 0 Å². The summed E-state index contributed by atoms with van der Waals surface area (Å²) in [6.07, 6.45) is 3.64. The third-order valence-corrected chi connectivity index (χ3v) is 2.95. The second-order valence-electron chi connectivity index (χ2n) is 4.95. The fourth-order valence-corrected chi connectivity index (χ4v) is 2.14. The smallest absolute Gasteiger partial charge is 0.00816 e. The maximum absolute atomic E-state index is 3.64. The van der Waals surface area contributed by atoms with E-state index in [9.17, 15) is 0 Å². The van der Waals surface area contributed by atoms with Crippen molar-refractivity contribution in [2.45, 2.75) is 59.0 Å². The van der Waals surface area contributed by atoms with Crippen LogP contribution in [0.1, 0.15) is 44.7 Å². The molecule has 0 amide bonds. The van der Waals surface area contributed by atoms with Gasteiger partial charge in [0.25, 0.3) is 0 Å². The molecule has 0 aliphatic carbocycles. The van der Waals surface area contributed by atoms with Crippen LogP contribution < -0.4 is 5.32 Å². The minimum atomic E-state index is 0.559. The van der Waals surface area contributed by atoms with Crippen LogP contribution >= 0.6 is 0 Å². The molecule has 0 aliphatic heterocycles. The third kappa shape index (κ3) is 4.80. The first-order chi connectivity index (χ1) is 7.61. The second kappa shape index (κ2) is 6.70. The zero-order valence-electron chi connectivity index (χ0n) is 11.1. The molecule has 1 rings (SSSR count). The maximum atomic E-state index is 3.64. The lowest BCUT2D eigenvalue weighted by Gasteiger charge is -2.19. The molecule has 0 aromatic heterocycles. The average molecular weight is 219 g/mol. The van der Waals surface area contributed by atoms with Crippen LogP contribution in [-0.2, 0) is 6.42 Å². The summed E-state index contributed by atoms with van der Waals surface area (Å²) in [4.78, 5) is 0. The number of rotatable bonds is 6. The first-order valence-corrected chi connectivity index (χ1v) is 6.43. The molecular weight excluding hydrogens is 194 g/mol. The number of hydrogen-bond acceptors (Lipinski definition) is 1. The van der Waals surface area contributed by atoms with Crippen LogP contribution in [0.15, 0.2) is 24.3 Å². The summed E-state index contributed by atoms with van der Waals surface area (Å²) in [5, 5.41) is 3.64. The van der Waals surface area contributed by atoms with Gasteiger partial charge in [-0.2, -0.15) is 0 Å². The lowest BCUT2D eigenvalue weighted by molar-refractivity contribution is 0.441. The molecule has 1 aromatic carbocycles. The Morgan fingerprint density at radius 3 is 2.25 bits per heavy atom. The van der Waals surface area contributed by atoms with E-state index in [2.05, 4.69) is 57.3 Å². The summed E-state index contributed by atoms with van der Waals surface area (Å²) in [6.45, 7) is 8.92. The van der Waals surface area contributed by atoms with E-state index in [1.54, 1.807) is 0 Å². The van der Waals surface area contributed by atoms with Gasteiger partial charge >= 0.3 is 0 Å². The van der Waals surface area contributed by atoms with Crippen molar-refractivity contribution in [3.05, 3.63) is 35.4 Å². The normalized spacial score (nSPS) is 14.8. The number of aryl methyl sites for hydroxylation is 1. The number of nitrogens with one attached hydrogen (secondary N) is 1. The summed E-state index contributed by atoms with van der Waals surface area (Å²) < 4.78 is 0. The number of benzene rings is 1. The largest absolute Gasteiger partial charge is 0.311 e. The number of hydrogen-bond donors (Lipinski definition) is 1. The van der Waals surface area contributed by atoms with E-state index in [1.807, 2.05) is 0 Å². The van der Waals surface area contributed by atoms with Gasteiger partial charge in [-0.25, -0.2) is 0 Å². The van der Waals surface area contributed by atoms with Gasteiger partial charge < -0.3 is 5.32 Å². The maximum Gasteiger partial charge on any atom is 0.00816 e. The van der Waals surface area contributed by atoms with Gasteiger partial charge in [0.05, 0.1) is 0 Å². The molecule has 0 fully saturated rings. The highest BCUT2D eigenvalue weighted by molar-refractivity contribution is 5.21. The highest BCUT2D eigenvalue weighted by Gasteiger charge is 2.07. The molecule has 0 saturated heterocycles. The average Bonchev–Trinajstić information content (AvgIpc) is 2.21. The summed E-state index contributed by atoms with van der Waals surface area (Å²) in [7, 11) is 0. The Labute approximate surface area is 100 Å². The van der Waals surface area contributed by atoms with Crippen LogP contribution in [0, 0.1) is 6.92 Å². The van der Waals surface area contributed by atoms with Crippen LogP contribution in [0.5, 0.6) is 0 Å². The van der Waals surface area contributed by atoms with Crippen molar-refractivity contribution in [2.75, 3.05) is 0 Å². The van der Waals surface area contributed by atoms with Gasteiger partial charge in [0.2, 0.25) is 0 Å². The van der Waals surface area contributed by atoms with E-state index in [0.717, 1.165) is 6.42 Å². The molecule has 0 aliphatic rings. The highest BCUT2D eigenvalue weighted by Crippen LogP contribution is 2.07. The van der Waals surface area contributed by atoms with Crippen molar-refractivity contribution in [1.82, 2.24) is 5.32 Å². The molecule has 0 heterocycles. The SMILES string of the molecule is CCCC(C)NC(C)Cc1ccc(C)cc1. The van der Waals surface area contributed by atoms with E-state index in [0.29, 0.717) is 12.1 Å². The Morgan fingerprint density at radius 1 is 1.06 bits per heavy atom. The molecule has 1 aromatic rings. The van der Waals surface area contributed by atoms with Crippen molar-refractivity contribution >= 4 is 0 Å². The van der Waals surface area contributed by atoms with Crippen molar-refractivity contribution in [2.24, 2.45) is 0 Å². The predicted molar refractivity (Wildman–Crippen MR) is 71.9 cm³/mol. The molecule has 0 bridgehead atoms. The van der Waals surface area contributed by atoms with Crippen LogP contribution in [0.3, 0.4) is 0 Å². The molecule has 0 radical (unpaired) electrons. The zero-order valence-corrected chi connectivity index (χ0v) is 11.1. The quantitative estimate of drug-likeness (QED) is 0.769. The lowest BCUT2D eigenvalue weighted by Crippen LogP contribution is -2.35. The molecule has 0 saturated carbocycles.